The lowest BCUT2D eigenvalue weighted by Gasteiger charge is -2.28. The Morgan fingerprint density at radius 1 is 0.176 bits per heavy atom. The van der Waals surface area contributed by atoms with Crippen molar-refractivity contribution in [2.45, 2.75) is 261 Å². The van der Waals surface area contributed by atoms with E-state index < -0.39 is 0 Å². The Hall–Kier alpha value is -7.84. The van der Waals surface area contributed by atoms with E-state index in [-0.39, 0.29) is 54.8 Å². The molecule has 0 heterocycles. The minimum atomic E-state index is -0.264. The molecule has 16 bridgehead atoms. The molecule has 8 aromatic rings. The van der Waals surface area contributed by atoms with Crippen LogP contribution in [0.4, 0.5) is 0 Å². The van der Waals surface area contributed by atoms with E-state index in [2.05, 4.69) is 263 Å². The highest BCUT2D eigenvalue weighted by atomic mass is 16.5. The van der Waals surface area contributed by atoms with Crippen LogP contribution in [-0.2, 0) is 94.7 Å². The van der Waals surface area contributed by atoms with Crippen molar-refractivity contribution in [3.8, 4) is 46.0 Å². The number of fused-ring (bicyclic) bond motifs is 16. The molecule has 548 valence electrons. The first kappa shape index (κ1) is 78.3. The fraction of sp³-hybridized carbons (Fsp3) is 0.489. The molecule has 0 radical (unpaired) electrons. The maximum Gasteiger partial charge on any atom is 0.125 e. The van der Waals surface area contributed by atoms with Crippen LogP contribution in [0.25, 0.3) is 0 Å². The van der Waals surface area contributed by atoms with E-state index in [1.807, 2.05) is 0 Å². The summed E-state index contributed by atoms with van der Waals surface area (Å²) in [6, 6.07) is 36.7. The number of phenolic OH excluding ortho intramolecular Hbond substituents is 2. The summed E-state index contributed by atoms with van der Waals surface area (Å²) in [4.78, 5) is 0. The third kappa shape index (κ3) is 17.0. The normalized spacial score (nSPS) is 13.9. The van der Waals surface area contributed by atoms with Gasteiger partial charge in [0, 0.05) is 51.4 Å². The topological polar surface area (TPSA) is 95.8 Å². The van der Waals surface area contributed by atoms with Gasteiger partial charge in [-0.05, 0) is 177 Å². The number of hydrogen-bond donors (Lipinski definition) is 2. The largest absolute Gasteiger partial charge is 0.507 e. The van der Waals surface area contributed by atoms with Crippen LogP contribution in [0.1, 0.15) is 300 Å². The molecule has 8 heteroatoms. The summed E-state index contributed by atoms with van der Waals surface area (Å²) < 4.78 is 40.2. The predicted molar refractivity (Wildman–Crippen MR) is 426 cm³/mol. The van der Waals surface area contributed by atoms with Gasteiger partial charge >= 0.3 is 0 Å². The molecule has 0 fully saturated rings. The van der Waals surface area contributed by atoms with Crippen molar-refractivity contribution in [1.29, 1.82) is 0 Å². The summed E-state index contributed by atoms with van der Waals surface area (Å²) in [5.74, 6) is 5.29. The second kappa shape index (κ2) is 28.7. The molecule has 0 saturated carbocycles. The smallest absolute Gasteiger partial charge is 0.125 e. The molecule has 8 aromatic carbocycles. The van der Waals surface area contributed by atoms with Gasteiger partial charge in [-0.1, -0.05) is 263 Å². The molecule has 0 spiro atoms. The van der Waals surface area contributed by atoms with Gasteiger partial charge in [-0.25, -0.2) is 0 Å². The van der Waals surface area contributed by atoms with Crippen LogP contribution in [0.5, 0.6) is 46.0 Å². The SMILES string of the molecule is COc1c2cc(C(C)(C)C)cc1Cc1cc(C(C)(C)C)cc(c1OC)Cc1cc(C(C)(C)C)cc(c1OC)Cc1cc(C(C)(C)C)cc(c1O)Cc1cc(C(C)(C)C)cc(c1OC)Cc1cc(C(C)(C)C)cc(c1OC)Cc1cc(C(C)(C)C)cc(c1OC)Cc1cc(C(C)(C)C)cc(c1O)C2. The van der Waals surface area contributed by atoms with Crippen molar-refractivity contribution in [1.82, 2.24) is 0 Å². The van der Waals surface area contributed by atoms with Gasteiger partial charge in [0.05, 0.1) is 42.7 Å². The summed E-state index contributed by atoms with van der Waals surface area (Å²) in [5.41, 5.74) is 23.0. The van der Waals surface area contributed by atoms with Crippen molar-refractivity contribution < 1.29 is 38.6 Å². The highest BCUT2D eigenvalue weighted by Crippen LogP contribution is 2.48. The third-order valence-electron chi connectivity index (χ3n) is 21.2. The first-order valence-corrected chi connectivity index (χ1v) is 37.0. The number of phenols is 2. The van der Waals surface area contributed by atoms with Gasteiger partial charge in [-0.2, -0.15) is 0 Å². The number of rotatable bonds is 6. The lowest BCUT2D eigenvalue weighted by atomic mass is 9.79. The lowest BCUT2D eigenvalue weighted by molar-refractivity contribution is 0.397. The van der Waals surface area contributed by atoms with Crippen LogP contribution >= 0.6 is 0 Å². The van der Waals surface area contributed by atoms with E-state index in [0.717, 1.165) is 135 Å². The standard InChI is InChI=1S/C94H124O8/c1-87(2,3)71-39-55-31-59-43-73(89(7,8)9)47-63(81(59)97-25)35-67-51-77(93(19,20)21)53-69(85(67)101-29)37-65-49-75(91(13,14)15)45-61(83(65)99-27)33-57-41-72(88(4,5)6)42-58(80(57)96)34-62-46-76(92(16,17)18)50-66(84(62)100-28)38-70-54-78(94(22,23)24)52-68(86(70)102-30)36-64-48-74(90(10,11)12)44-60(82(64)98-26)32-56(40-71)79(55)95/h39-54,95-96H,31-38H2,1-30H3. The van der Waals surface area contributed by atoms with E-state index in [0.29, 0.717) is 51.4 Å². The number of benzene rings is 8. The molecule has 0 aliphatic heterocycles. The molecule has 1 aliphatic carbocycles. The summed E-state index contributed by atoms with van der Waals surface area (Å²) >= 11 is 0. The van der Waals surface area contributed by atoms with Gasteiger partial charge in [-0.15, -0.1) is 0 Å². The summed E-state index contributed by atoms with van der Waals surface area (Å²) in [7, 11) is 10.7. The van der Waals surface area contributed by atoms with Crippen LogP contribution in [0.3, 0.4) is 0 Å². The number of hydrogen-bond acceptors (Lipinski definition) is 8. The molecule has 2 N–H and O–H groups in total. The fourth-order valence-corrected chi connectivity index (χ4v) is 14.8. The van der Waals surface area contributed by atoms with Crippen LogP contribution in [0.2, 0.25) is 0 Å². The summed E-state index contributed by atoms with van der Waals surface area (Å²) in [6.07, 6.45) is 3.75. The van der Waals surface area contributed by atoms with Crippen molar-refractivity contribution in [2.75, 3.05) is 42.7 Å². The van der Waals surface area contributed by atoms with Gasteiger partial charge in [0.25, 0.3) is 0 Å². The first-order chi connectivity index (χ1) is 47.1. The van der Waals surface area contributed by atoms with Gasteiger partial charge in [0.2, 0.25) is 0 Å². The highest BCUT2D eigenvalue weighted by Gasteiger charge is 2.32. The Kier molecular flexibility index (Phi) is 22.0. The first-order valence-electron chi connectivity index (χ1n) is 37.0. The average molecular weight is 1380 g/mol. The predicted octanol–water partition coefficient (Wildman–Crippen LogP) is 22.6. The Balaban J connectivity index is 1.40. The Morgan fingerprint density at radius 2 is 0.265 bits per heavy atom. The molecule has 0 saturated heterocycles. The molecule has 9 rings (SSSR count). The van der Waals surface area contributed by atoms with Gasteiger partial charge in [-0.3, -0.25) is 0 Å². The van der Waals surface area contributed by atoms with Crippen molar-refractivity contribution in [2.24, 2.45) is 0 Å². The third-order valence-corrected chi connectivity index (χ3v) is 21.2. The number of aromatic hydroxyl groups is 2. The Labute approximate surface area is 615 Å². The van der Waals surface area contributed by atoms with Crippen LogP contribution in [0.15, 0.2) is 97.1 Å². The monoisotopic (exact) mass is 1380 g/mol. The zero-order valence-electron chi connectivity index (χ0n) is 68.2. The highest BCUT2D eigenvalue weighted by molar-refractivity contribution is 5.63. The molecule has 102 heavy (non-hydrogen) atoms. The van der Waals surface area contributed by atoms with Gasteiger partial charge in [0.15, 0.2) is 0 Å². The molecule has 1 aliphatic rings. The summed E-state index contributed by atoms with van der Waals surface area (Å²) in [6.45, 7) is 54.4. The maximum atomic E-state index is 13.2. The van der Waals surface area contributed by atoms with Crippen LogP contribution in [0, 0.1) is 0 Å². The summed E-state index contributed by atoms with van der Waals surface area (Å²) in [5, 5.41) is 26.3. The van der Waals surface area contributed by atoms with Crippen molar-refractivity contribution >= 4 is 0 Å². The van der Waals surface area contributed by atoms with Crippen LogP contribution < -0.4 is 28.4 Å². The second-order valence-electron chi connectivity index (χ2n) is 37.7. The van der Waals surface area contributed by atoms with E-state index in [9.17, 15) is 10.2 Å². The molecular weight excluding hydrogens is 1260 g/mol. The Morgan fingerprint density at radius 3 is 0.353 bits per heavy atom. The van der Waals surface area contributed by atoms with Crippen LogP contribution in [-0.4, -0.2) is 52.9 Å². The number of methoxy groups -OCH3 is 6. The molecular formula is C94H124O8. The average Bonchev–Trinajstić information content (AvgIpc) is 0.774. The molecule has 0 aromatic heterocycles. The maximum absolute atomic E-state index is 13.2. The van der Waals surface area contributed by atoms with Crippen molar-refractivity contribution in [3.63, 3.8) is 0 Å². The van der Waals surface area contributed by atoms with E-state index >= 15 is 0 Å². The Bertz CT molecular complexity index is 3910. The minimum Gasteiger partial charge on any atom is -0.507 e. The molecule has 0 amide bonds. The van der Waals surface area contributed by atoms with E-state index in [1.165, 1.54) is 33.4 Å². The zero-order chi connectivity index (χ0) is 75.7. The molecule has 0 unspecified atom stereocenters. The number of ether oxygens (including phenoxy) is 6. The minimum absolute atomic E-state index is 0.231. The molecule has 0 atom stereocenters. The van der Waals surface area contributed by atoms with Gasteiger partial charge in [0.1, 0.15) is 46.0 Å². The van der Waals surface area contributed by atoms with Gasteiger partial charge < -0.3 is 38.6 Å². The lowest BCUT2D eigenvalue weighted by Crippen LogP contribution is -2.16. The van der Waals surface area contributed by atoms with E-state index in [4.69, 9.17) is 28.4 Å². The van der Waals surface area contributed by atoms with E-state index in [1.54, 1.807) is 42.7 Å². The van der Waals surface area contributed by atoms with Crippen molar-refractivity contribution in [3.05, 3.63) is 231 Å². The fourth-order valence-electron chi connectivity index (χ4n) is 14.8. The zero-order valence-corrected chi connectivity index (χ0v) is 68.2. The quantitative estimate of drug-likeness (QED) is 0.170. The molecule has 8 nitrogen and oxygen atoms in total. The second-order valence-corrected chi connectivity index (χ2v) is 37.7.